The fraction of sp³-hybridized carbons (Fsp3) is 0.444. The SMILES string of the molecule is COc1ccc(C[C@@H]2NC(=O)[C@H]([C@@H](C)O)NC(=O)[C@@H]3C[C@H](F)CN3C(=O)[C@H](Cc3c[nH]c4ccc(F)cc34)NC(=O)[C@H](Cc3c[nH]c4ccc(F)cc34)NC(=O)C[C@@H](C)NC(=O)[C@H](CCCCN)NC(=O)CCC/C=C\c3ccc(cc3)C[C@@H](C(N)=O)NC(=O)[C@]3(C)CCCN3C2=O)cc1. The molecule has 2 saturated heterocycles. The van der Waals surface area contributed by atoms with Gasteiger partial charge in [0.25, 0.3) is 0 Å². The minimum absolute atomic E-state index is 0.0199. The Morgan fingerprint density at radius 1 is 0.700 bits per heavy atom. The predicted octanol–water partition coefficient (Wildman–Crippen LogP) is 3.52. The molecule has 4 aromatic carbocycles. The number of ether oxygens (including phenoxy) is 1. The van der Waals surface area contributed by atoms with Gasteiger partial charge in [-0.1, -0.05) is 48.6 Å². The second-order valence-corrected chi connectivity index (χ2v) is 26.3. The molecule has 2 aromatic heterocycles. The number of hydrogen-bond donors (Lipinski definition) is 12. The highest BCUT2D eigenvalue weighted by atomic mass is 19.1. The zero-order valence-corrected chi connectivity index (χ0v) is 56.3. The quantitative estimate of drug-likeness (QED) is 0.0738. The number of alkyl halides is 1. The number of primary amides is 1. The Morgan fingerprint density at radius 2 is 1.32 bits per heavy atom. The van der Waals surface area contributed by atoms with Gasteiger partial charge < -0.3 is 78.3 Å². The van der Waals surface area contributed by atoms with Crippen molar-refractivity contribution in [2.24, 2.45) is 11.5 Å². The summed E-state index contributed by atoms with van der Waals surface area (Å²) in [5, 5.41) is 31.0. The summed E-state index contributed by atoms with van der Waals surface area (Å²) in [6, 6.07) is 9.94. The molecule has 0 unspecified atom stereocenters. The van der Waals surface area contributed by atoms with Gasteiger partial charge in [0.15, 0.2) is 0 Å². The number of aromatic nitrogens is 2. The van der Waals surface area contributed by atoms with Crippen molar-refractivity contribution in [2.75, 3.05) is 26.7 Å². The van der Waals surface area contributed by atoms with Gasteiger partial charge in [0, 0.05) is 91.7 Å². The maximum atomic E-state index is 16.1. The molecule has 0 aliphatic carbocycles. The van der Waals surface area contributed by atoms with Gasteiger partial charge in [-0.15, -0.1) is 0 Å². The fourth-order valence-corrected chi connectivity index (χ4v) is 13.2. The van der Waals surface area contributed by atoms with Gasteiger partial charge in [0.05, 0.1) is 19.8 Å². The topological polar surface area (TPSA) is 374 Å². The van der Waals surface area contributed by atoms with Crippen molar-refractivity contribution < 1.29 is 71.0 Å². The lowest BCUT2D eigenvalue weighted by atomic mass is 9.94. The second-order valence-electron chi connectivity index (χ2n) is 26.3. The zero-order valence-electron chi connectivity index (χ0n) is 56.3. The minimum atomic E-state index is -1.88. The van der Waals surface area contributed by atoms with Crippen molar-refractivity contribution in [3.05, 3.63) is 143 Å². The van der Waals surface area contributed by atoms with Gasteiger partial charge in [0.2, 0.25) is 59.1 Å². The van der Waals surface area contributed by atoms with Crippen molar-refractivity contribution in [2.45, 2.75) is 177 Å². The minimum Gasteiger partial charge on any atom is -0.497 e. The van der Waals surface area contributed by atoms with Crippen LogP contribution in [-0.2, 0) is 73.6 Å². The van der Waals surface area contributed by atoms with E-state index in [1.807, 2.05) is 12.2 Å². The van der Waals surface area contributed by atoms with Gasteiger partial charge in [-0.25, -0.2) is 13.2 Å². The lowest BCUT2D eigenvalue weighted by Crippen LogP contribution is -2.64. The Morgan fingerprint density at radius 3 is 1.95 bits per heavy atom. The van der Waals surface area contributed by atoms with Crippen LogP contribution in [0.25, 0.3) is 27.9 Å². The van der Waals surface area contributed by atoms with Crippen molar-refractivity contribution in [1.29, 1.82) is 0 Å². The van der Waals surface area contributed by atoms with Crippen LogP contribution in [0.2, 0.25) is 0 Å². The number of carbonyl (C=O) groups excluding carboxylic acids is 10. The monoisotopic (exact) mass is 1380 g/mol. The molecular formula is C72H88F3N13O12. The molecule has 10 amide bonds. The molecule has 0 radical (unpaired) electrons. The molecule has 28 heteroatoms. The number of fused-ring (bicyclic) bond motifs is 30. The maximum Gasteiger partial charge on any atom is 0.246 e. The Labute approximate surface area is 576 Å². The van der Waals surface area contributed by atoms with Crippen molar-refractivity contribution in [1.82, 2.24) is 57.0 Å². The van der Waals surface area contributed by atoms with Gasteiger partial charge in [-0.05, 0) is 149 Å². The molecular weight excluding hydrogens is 1300 g/mol. The number of aromatic amines is 2. The predicted molar refractivity (Wildman–Crippen MR) is 366 cm³/mol. The number of aliphatic hydroxyl groups is 1. The molecule has 14 N–H and O–H groups in total. The second kappa shape index (κ2) is 33.6. The van der Waals surface area contributed by atoms with E-state index in [2.05, 4.69) is 47.2 Å². The van der Waals surface area contributed by atoms with E-state index in [1.165, 1.54) is 74.6 Å². The summed E-state index contributed by atoms with van der Waals surface area (Å²) in [7, 11) is 1.46. The number of nitrogens with zero attached hydrogens (tertiary/aromatic N) is 2. The number of carbonyl (C=O) groups is 10. The van der Waals surface area contributed by atoms with Crippen LogP contribution in [0.15, 0.2) is 103 Å². The first kappa shape index (κ1) is 74.1. The molecule has 100 heavy (non-hydrogen) atoms. The highest BCUT2D eigenvalue weighted by molar-refractivity contribution is 6.00. The summed E-state index contributed by atoms with van der Waals surface area (Å²) >= 11 is 0. The number of amides is 10. The number of rotatable bonds is 13. The van der Waals surface area contributed by atoms with Gasteiger partial charge in [-0.3, -0.25) is 47.9 Å². The first-order valence-corrected chi connectivity index (χ1v) is 33.7. The molecule has 11 atom stereocenters. The number of nitrogens with one attached hydrogen (secondary N) is 9. The molecule has 534 valence electrons. The van der Waals surface area contributed by atoms with Crippen LogP contribution in [0.5, 0.6) is 5.75 Å². The molecule has 6 aromatic rings. The van der Waals surface area contributed by atoms with Gasteiger partial charge >= 0.3 is 0 Å². The summed E-state index contributed by atoms with van der Waals surface area (Å²) in [4.78, 5) is 153. The molecule has 2 fully saturated rings. The van der Waals surface area contributed by atoms with Crippen molar-refractivity contribution in [3.63, 3.8) is 0 Å². The Hall–Kier alpha value is -10.1. The van der Waals surface area contributed by atoms with Crippen LogP contribution in [-0.4, -0.2) is 177 Å². The molecule has 25 nitrogen and oxygen atoms in total. The first-order chi connectivity index (χ1) is 47.8. The fourth-order valence-electron chi connectivity index (χ4n) is 13.2. The maximum absolute atomic E-state index is 16.1. The summed E-state index contributed by atoms with van der Waals surface area (Å²) in [6.45, 7) is 3.90. The summed E-state index contributed by atoms with van der Waals surface area (Å²) in [6.07, 6.45) is 3.77. The van der Waals surface area contributed by atoms with Gasteiger partial charge in [0.1, 0.15) is 71.4 Å². The molecule has 4 aliphatic rings. The molecule has 2 bridgehead atoms. The number of H-pyrrole nitrogens is 2. The number of unbranched alkanes of at least 4 members (excludes halogenated alkanes) is 1. The first-order valence-electron chi connectivity index (χ1n) is 33.7. The van der Waals surface area contributed by atoms with E-state index < -0.39 is 163 Å². The highest BCUT2D eigenvalue weighted by Crippen LogP contribution is 2.32. The third-order valence-corrected chi connectivity index (χ3v) is 18.7. The largest absolute Gasteiger partial charge is 0.497 e. The van der Waals surface area contributed by atoms with E-state index in [0.29, 0.717) is 82.9 Å². The summed E-state index contributed by atoms with van der Waals surface area (Å²) in [5.41, 5.74) is 13.6. The third-order valence-electron chi connectivity index (χ3n) is 18.7. The number of hydrogen-bond acceptors (Lipinski definition) is 13. The molecule has 10 rings (SSSR count). The molecule has 0 spiro atoms. The van der Waals surface area contributed by atoms with E-state index in [4.69, 9.17) is 16.2 Å². The molecule has 0 saturated carbocycles. The van der Waals surface area contributed by atoms with Crippen LogP contribution < -0.4 is 53.4 Å². The normalized spacial score (nSPS) is 25.5. The van der Waals surface area contributed by atoms with E-state index in [-0.39, 0.29) is 50.6 Å². The van der Waals surface area contributed by atoms with Crippen molar-refractivity contribution >= 4 is 87.0 Å². The third kappa shape index (κ3) is 18.8. The Kier molecular flexibility index (Phi) is 24.9. The Balaban J connectivity index is 1.05. The smallest absolute Gasteiger partial charge is 0.246 e. The number of nitrogens with two attached hydrogens (primary N) is 2. The average molecular weight is 1380 g/mol. The van der Waals surface area contributed by atoms with E-state index in [9.17, 15) is 47.4 Å². The van der Waals surface area contributed by atoms with Crippen molar-refractivity contribution in [3.8, 4) is 5.75 Å². The average Bonchev–Trinajstić information content (AvgIpc) is 1.58. The number of aliphatic hydroxyl groups excluding tert-OH is 1. The van der Waals surface area contributed by atoms with Crippen LogP contribution >= 0.6 is 0 Å². The lowest BCUT2D eigenvalue weighted by Gasteiger charge is -2.37. The number of methoxy groups -OCH3 is 1. The summed E-state index contributed by atoms with van der Waals surface area (Å²) in [5.74, 6) is -9.06. The standard InChI is InChI=1S/C72H88F3N13O12/c1-40-29-62(91)82-57(32-45-37-78-53-24-20-47(73)34-51(45)53)66(94)83-59(33-46-38-79-54-25-21-48(74)35-52(46)54)69(97)87-39-49(75)36-60(87)67(95)86-63(41(2)89)68(96)84-58(31-44-18-22-50(100-4)23-19-44)70(98)88-28-10-26-72(88,3)71(99)85-56(64(77)92)30-43-16-14-42(15-17-43)11-6-5-7-13-61(90)81-55(65(93)80-40)12-8-9-27-76/h6,11,14-25,34-35,37-38,40-41,49,55-60,63,78-79,89H,5,7-10,12-13,26-33,36,39,76H2,1-4H3,(H2,77,92)(H,80,93)(H,81,90)(H,82,91)(H,83,94)(H,84,96)(H,85,99)(H,86,95)/b11-6-/t40-,41-,49+,55+,56+,57+,58+,59+,60+,63+,72+/m1/s1. The van der Waals surface area contributed by atoms with E-state index in [0.717, 1.165) is 10.5 Å². The zero-order chi connectivity index (χ0) is 71.9. The molecule has 4 aliphatic heterocycles. The van der Waals surface area contributed by atoms with Crippen LogP contribution in [0.1, 0.15) is 113 Å². The van der Waals surface area contributed by atoms with Crippen LogP contribution in [0, 0.1) is 11.6 Å². The highest BCUT2D eigenvalue weighted by Gasteiger charge is 2.49. The summed E-state index contributed by atoms with van der Waals surface area (Å²) < 4.78 is 51.3. The number of allylic oxidation sites excluding steroid dienone is 1. The van der Waals surface area contributed by atoms with Gasteiger partial charge in [-0.2, -0.15) is 0 Å². The van der Waals surface area contributed by atoms with E-state index >= 15 is 18.8 Å². The van der Waals surface area contributed by atoms with Crippen LogP contribution in [0.4, 0.5) is 13.2 Å². The molecule has 6 heterocycles. The number of benzene rings is 4. The lowest BCUT2D eigenvalue weighted by molar-refractivity contribution is -0.147. The van der Waals surface area contributed by atoms with Crippen LogP contribution in [0.3, 0.4) is 0 Å². The van der Waals surface area contributed by atoms with E-state index in [1.54, 1.807) is 55.5 Å². The Bertz CT molecular complexity index is 4000. The number of halogens is 3.